The van der Waals surface area contributed by atoms with Crippen LogP contribution >= 0.6 is 0 Å². The van der Waals surface area contributed by atoms with Crippen molar-refractivity contribution in [2.45, 2.75) is 20.8 Å². The highest BCUT2D eigenvalue weighted by molar-refractivity contribution is 6.00. The number of carbonyl (C=O) groups is 1. The van der Waals surface area contributed by atoms with Crippen LogP contribution in [0.3, 0.4) is 0 Å². The minimum Gasteiger partial charge on any atom is -0.395 e. The van der Waals surface area contributed by atoms with Crippen molar-refractivity contribution in [1.29, 1.82) is 0 Å². The summed E-state index contributed by atoms with van der Waals surface area (Å²) in [5, 5.41) is 8.81. The second kappa shape index (κ2) is 5.94. The van der Waals surface area contributed by atoms with Crippen molar-refractivity contribution in [2.75, 3.05) is 26.7 Å². The number of aliphatic hydroxyl groups is 1. The lowest BCUT2D eigenvalue weighted by Crippen LogP contribution is -2.29. The topological polar surface area (TPSA) is 40.5 Å². The molecule has 94 valence electrons. The number of ketones is 1. The number of hydrogen-bond donors (Lipinski definition) is 1. The van der Waals surface area contributed by atoms with Crippen LogP contribution < -0.4 is 0 Å². The largest absolute Gasteiger partial charge is 0.395 e. The molecule has 0 radical (unpaired) electrons. The quantitative estimate of drug-likeness (QED) is 0.790. The Hall–Kier alpha value is -1.19. The second-order valence-electron chi connectivity index (χ2n) is 4.66. The smallest absolute Gasteiger partial charge is 0.177 e. The number of aryl methyl sites for hydroxylation is 3. The Kier molecular flexibility index (Phi) is 4.85. The van der Waals surface area contributed by atoms with E-state index in [-0.39, 0.29) is 12.4 Å². The molecular formula is C14H21NO2. The first kappa shape index (κ1) is 13.9. The van der Waals surface area contributed by atoms with E-state index in [0.717, 1.165) is 16.7 Å². The van der Waals surface area contributed by atoms with Gasteiger partial charge in [0, 0.05) is 12.1 Å². The van der Waals surface area contributed by atoms with E-state index in [9.17, 15) is 4.79 Å². The van der Waals surface area contributed by atoms with Crippen LogP contribution in [0.2, 0.25) is 0 Å². The Labute approximate surface area is 103 Å². The van der Waals surface area contributed by atoms with Gasteiger partial charge in [0.15, 0.2) is 5.78 Å². The minimum atomic E-state index is 0.0790. The van der Waals surface area contributed by atoms with Gasteiger partial charge in [-0.3, -0.25) is 9.69 Å². The summed E-state index contributed by atoms with van der Waals surface area (Å²) in [6.07, 6.45) is 0. The Morgan fingerprint density at radius 2 is 1.76 bits per heavy atom. The summed E-state index contributed by atoms with van der Waals surface area (Å²) in [6.45, 7) is 6.93. The molecule has 0 saturated heterocycles. The lowest BCUT2D eigenvalue weighted by Gasteiger charge is -2.16. The van der Waals surface area contributed by atoms with Gasteiger partial charge in [-0.05, 0) is 38.9 Å². The Morgan fingerprint density at radius 3 is 2.24 bits per heavy atom. The van der Waals surface area contributed by atoms with E-state index in [4.69, 9.17) is 5.11 Å². The van der Waals surface area contributed by atoms with Gasteiger partial charge < -0.3 is 5.11 Å². The number of Topliss-reactive ketones (excluding diaryl/α,β-unsaturated/α-hetero) is 1. The molecule has 0 aliphatic rings. The molecule has 0 spiro atoms. The highest BCUT2D eigenvalue weighted by atomic mass is 16.3. The molecule has 0 atom stereocenters. The first-order valence-corrected chi connectivity index (χ1v) is 5.86. The average Bonchev–Trinajstić information content (AvgIpc) is 2.15. The highest BCUT2D eigenvalue weighted by Gasteiger charge is 2.14. The Balaban J connectivity index is 2.89. The van der Waals surface area contributed by atoms with Gasteiger partial charge in [0.1, 0.15) is 0 Å². The van der Waals surface area contributed by atoms with Crippen LogP contribution in [-0.2, 0) is 0 Å². The molecule has 1 aromatic rings. The zero-order valence-corrected chi connectivity index (χ0v) is 11.1. The van der Waals surface area contributed by atoms with Crippen molar-refractivity contribution in [2.24, 2.45) is 0 Å². The standard InChI is InChI=1S/C14H21NO2/c1-10-7-11(2)14(12(3)8-10)13(17)9-15(4)5-6-16/h7-8,16H,5-6,9H2,1-4H3. The molecule has 0 unspecified atom stereocenters. The van der Waals surface area contributed by atoms with Crippen molar-refractivity contribution in [3.8, 4) is 0 Å². The molecule has 0 aliphatic carbocycles. The van der Waals surface area contributed by atoms with Crippen LogP contribution in [0, 0.1) is 20.8 Å². The van der Waals surface area contributed by atoms with E-state index in [1.54, 1.807) is 0 Å². The molecule has 0 aromatic heterocycles. The van der Waals surface area contributed by atoms with Gasteiger partial charge in [-0.2, -0.15) is 0 Å². The van der Waals surface area contributed by atoms with Crippen LogP contribution in [-0.4, -0.2) is 42.5 Å². The fraction of sp³-hybridized carbons (Fsp3) is 0.500. The first-order chi connectivity index (χ1) is 7.95. The predicted octanol–water partition coefficient (Wildman–Crippen LogP) is 1.72. The van der Waals surface area contributed by atoms with Crippen LogP contribution in [0.1, 0.15) is 27.0 Å². The average molecular weight is 235 g/mol. The van der Waals surface area contributed by atoms with E-state index >= 15 is 0 Å². The van der Waals surface area contributed by atoms with E-state index in [1.807, 2.05) is 44.9 Å². The molecule has 0 fully saturated rings. The molecular weight excluding hydrogens is 214 g/mol. The zero-order chi connectivity index (χ0) is 13.0. The van der Waals surface area contributed by atoms with Crippen LogP contribution in [0.25, 0.3) is 0 Å². The zero-order valence-electron chi connectivity index (χ0n) is 11.1. The second-order valence-corrected chi connectivity index (χ2v) is 4.66. The molecule has 3 heteroatoms. The summed E-state index contributed by atoms with van der Waals surface area (Å²) in [4.78, 5) is 14.0. The third-order valence-corrected chi connectivity index (χ3v) is 2.85. The number of hydrogen-bond acceptors (Lipinski definition) is 3. The van der Waals surface area contributed by atoms with Crippen molar-refractivity contribution in [1.82, 2.24) is 4.90 Å². The number of likely N-dealkylation sites (N-methyl/N-ethyl adjacent to an activating group) is 1. The molecule has 0 bridgehead atoms. The van der Waals surface area contributed by atoms with Crippen LogP contribution in [0.15, 0.2) is 12.1 Å². The normalized spacial score (nSPS) is 10.9. The minimum absolute atomic E-state index is 0.0790. The molecule has 0 aliphatic heterocycles. The third kappa shape index (κ3) is 3.65. The summed E-state index contributed by atoms with van der Waals surface area (Å²) in [7, 11) is 1.84. The summed E-state index contributed by atoms with van der Waals surface area (Å²) >= 11 is 0. The first-order valence-electron chi connectivity index (χ1n) is 5.86. The van der Waals surface area contributed by atoms with Crippen molar-refractivity contribution in [3.63, 3.8) is 0 Å². The summed E-state index contributed by atoms with van der Waals surface area (Å²) < 4.78 is 0. The molecule has 0 heterocycles. The maximum absolute atomic E-state index is 12.2. The van der Waals surface area contributed by atoms with Gasteiger partial charge in [0.25, 0.3) is 0 Å². The predicted molar refractivity (Wildman–Crippen MR) is 69.6 cm³/mol. The SMILES string of the molecule is Cc1cc(C)c(C(=O)CN(C)CCO)c(C)c1. The van der Waals surface area contributed by atoms with Gasteiger partial charge in [-0.25, -0.2) is 0 Å². The lowest BCUT2D eigenvalue weighted by molar-refractivity contribution is 0.0934. The molecule has 1 N–H and O–H groups in total. The Bertz CT molecular complexity index is 390. The van der Waals surface area contributed by atoms with Gasteiger partial charge in [0.05, 0.1) is 13.2 Å². The van der Waals surface area contributed by atoms with Crippen molar-refractivity contribution >= 4 is 5.78 Å². The monoisotopic (exact) mass is 235 g/mol. The van der Waals surface area contributed by atoms with E-state index in [0.29, 0.717) is 13.1 Å². The summed E-state index contributed by atoms with van der Waals surface area (Å²) in [5.74, 6) is 0.121. The van der Waals surface area contributed by atoms with E-state index < -0.39 is 0 Å². The summed E-state index contributed by atoms with van der Waals surface area (Å²) in [6, 6.07) is 4.07. The molecule has 1 rings (SSSR count). The van der Waals surface area contributed by atoms with Gasteiger partial charge in [0.2, 0.25) is 0 Å². The molecule has 0 amide bonds. The van der Waals surface area contributed by atoms with Gasteiger partial charge >= 0.3 is 0 Å². The maximum Gasteiger partial charge on any atom is 0.177 e. The number of nitrogens with zero attached hydrogens (tertiary/aromatic N) is 1. The number of aliphatic hydroxyl groups excluding tert-OH is 1. The van der Waals surface area contributed by atoms with Crippen LogP contribution in [0.5, 0.6) is 0 Å². The molecule has 0 saturated carbocycles. The highest BCUT2D eigenvalue weighted by Crippen LogP contribution is 2.17. The molecule has 1 aromatic carbocycles. The van der Waals surface area contributed by atoms with Crippen molar-refractivity contribution < 1.29 is 9.90 Å². The molecule has 3 nitrogen and oxygen atoms in total. The molecule has 17 heavy (non-hydrogen) atoms. The lowest BCUT2D eigenvalue weighted by atomic mass is 9.96. The number of rotatable bonds is 5. The van der Waals surface area contributed by atoms with Gasteiger partial charge in [-0.15, -0.1) is 0 Å². The summed E-state index contributed by atoms with van der Waals surface area (Å²) in [5.41, 5.74) is 4.07. The maximum atomic E-state index is 12.2. The number of benzene rings is 1. The fourth-order valence-electron chi connectivity index (χ4n) is 2.19. The van der Waals surface area contributed by atoms with Crippen LogP contribution in [0.4, 0.5) is 0 Å². The fourth-order valence-corrected chi connectivity index (χ4v) is 2.19. The van der Waals surface area contributed by atoms with Gasteiger partial charge in [-0.1, -0.05) is 17.7 Å². The Morgan fingerprint density at radius 1 is 1.24 bits per heavy atom. The van der Waals surface area contributed by atoms with Crippen molar-refractivity contribution in [3.05, 3.63) is 34.4 Å². The number of carbonyl (C=O) groups excluding carboxylic acids is 1. The van der Waals surface area contributed by atoms with E-state index in [1.165, 1.54) is 5.56 Å². The third-order valence-electron chi connectivity index (χ3n) is 2.85. The van der Waals surface area contributed by atoms with E-state index in [2.05, 4.69) is 0 Å².